The molecule has 2 aliphatic carbocycles. The molecular weight excluding hydrogens is 1130 g/mol. The fourth-order valence-corrected chi connectivity index (χ4v) is 13.8. The molecule has 4 aromatic rings. The maximum absolute atomic E-state index is 14.3. The number of amides is 6. The van der Waals surface area contributed by atoms with E-state index in [-0.39, 0.29) is 54.4 Å². The molecule has 0 aromatic heterocycles. The third-order valence-electron chi connectivity index (χ3n) is 15.6. The Kier molecular flexibility index (Phi) is 20.2. The van der Waals surface area contributed by atoms with E-state index in [1.165, 1.54) is 11.0 Å². The Morgan fingerprint density at radius 2 is 0.965 bits per heavy atom. The van der Waals surface area contributed by atoms with Crippen molar-refractivity contribution in [3.8, 4) is 0 Å². The van der Waals surface area contributed by atoms with Crippen LogP contribution < -0.4 is 21.3 Å². The van der Waals surface area contributed by atoms with Gasteiger partial charge in [0.1, 0.15) is 46.4 Å². The molecule has 4 fully saturated rings. The Hall–Kier alpha value is -7.06. The molecule has 10 atom stereocenters. The number of nitrogens with zero attached hydrogens (tertiary/aromatic N) is 2. The average molecular weight is 1220 g/mol. The topological polar surface area (TPSA) is 239 Å². The summed E-state index contributed by atoms with van der Waals surface area (Å²) < 4.78 is 16.2. The van der Waals surface area contributed by atoms with Crippen molar-refractivity contribution in [1.82, 2.24) is 31.1 Å². The Morgan fingerprint density at radius 3 is 1.31 bits per heavy atom. The van der Waals surface area contributed by atoms with Crippen LogP contribution in [0.5, 0.6) is 0 Å². The first-order valence-electron chi connectivity index (χ1n) is 29.3. The van der Waals surface area contributed by atoms with Gasteiger partial charge in [-0.05, 0) is 119 Å². The summed E-state index contributed by atoms with van der Waals surface area (Å²) in [5.41, 5.74) is -5.52. The summed E-state index contributed by atoms with van der Waals surface area (Å²) in [7, 11) is 0. The molecule has 464 valence electrons. The number of carbonyl (C=O) groups is 8. The highest BCUT2D eigenvalue weighted by Gasteiger charge is 2.63. The zero-order valence-corrected chi connectivity index (χ0v) is 53.5. The first-order valence-corrected chi connectivity index (χ1v) is 31.1. The number of benzene rings is 4. The van der Waals surface area contributed by atoms with Crippen LogP contribution in [0.3, 0.4) is 0 Å². The van der Waals surface area contributed by atoms with Crippen molar-refractivity contribution in [2.45, 2.75) is 182 Å². The van der Waals surface area contributed by atoms with E-state index in [0.29, 0.717) is 19.3 Å². The first-order chi connectivity index (χ1) is 40.1. The molecule has 2 aliphatic heterocycles. The summed E-state index contributed by atoms with van der Waals surface area (Å²) in [4.78, 5) is 112. The summed E-state index contributed by atoms with van der Waals surface area (Å²) in [5, 5.41) is 25.2. The van der Waals surface area contributed by atoms with Gasteiger partial charge in [0.05, 0.1) is 6.61 Å². The summed E-state index contributed by atoms with van der Waals surface area (Å²) in [6.45, 7) is 31.5. The van der Waals surface area contributed by atoms with E-state index in [4.69, 9.17) is 14.2 Å². The number of aliphatic carboxylic acids is 1. The molecule has 4 aromatic carbocycles. The number of carboxylic acid groups (broad SMARTS) is 1. The van der Waals surface area contributed by atoms with Crippen LogP contribution in [0.2, 0.25) is 0 Å². The second-order valence-electron chi connectivity index (χ2n) is 26.8. The number of hydrogen-bond acceptors (Lipinski definition) is 13. The molecule has 5 N–H and O–H groups in total. The molecule has 4 unspecified atom stereocenters. The first kappa shape index (κ1) is 66.5. The zero-order chi connectivity index (χ0) is 63.5. The number of carboxylic acids is 1. The van der Waals surface area contributed by atoms with E-state index in [2.05, 4.69) is 52.6 Å². The Bertz CT molecular complexity index is 3240. The van der Waals surface area contributed by atoms with Gasteiger partial charge in [-0.3, -0.25) is 19.2 Å². The third-order valence-corrected chi connectivity index (χ3v) is 18.2. The molecule has 20 heteroatoms. The van der Waals surface area contributed by atoms with E-state index >= 15 is 0 Å². The van der Waals surface area contributed by atoms with Gasteiger partial charge in [0.2, 0.25) is 23.6 Å². The van der Waals surface area contributed by atoms with Crippen molar-refractivity contribution in [3.63, 3.8) is 0 Å². The normalized spacial score (nSPS) is 24.2. The molecule has 0 radical (unpaired) electrons. The number of nitrogens with one attached hydrogen (secondary N) is 4. The number of alkyl carbamates (subject to hydrolysis) is 2. The third kappa shape index (κ3) is 15.7. The predicted molar refractivity (Wildman–Crippen MR) is 335 cm³/mol. The highest BCUT2D eigenvalue weighted by atomic mass is 32.2. The molecule has 0 bridgehead atoms. The smallest absolute Gasteiger partial charge is 0.408 e. The molecule has 2 heterocycles. The zero-order valence-electron chi connectivity index (χ0n) is 51.9. The van der Waals surface area contributed by atoms with Gasteiger partial charge in [0, 0.05) is 45.2 Å². The molecule has 2 saturated heterocycles. The Balaban J connectivity index is 0.000000246. The van der Waals surface area contributed by atoms with Crippen molar-refractivity contribution in [1.29, 1.82) is 0 Å². The minimum atomic E-state index is -1.42. The monoisotopic (exact) mass is 1220 g/mol. The van der Waals surface area contributed by atoms with Gasteiger partial charge in [0.15, 0.2) is 0 Å². The number of thioether (sulfide) groups is 2. The lowest BCUT2D eigenvalue weighted by molar-refractivity contribution is -0.150. The number of fused-ring (bicyclic) bond motifs is 2. The fraction of sp³-hybridized carbons (Fsp3) is 0.515. The van der Waals surface area contributed by atoms with Crippen LogP contribution in [0.1, 0.15) is 116 Å². The van der Waals surface area contributed by atoms with Crippen molar-refractivity contribution in [2.75, 3.05) is 19.7 Å². The van der Waals surface area contributed by atoms with Gasteiger partial charge in [-0.25, -0.2) is 19.2 Å². The van der Waals surface area contributed by atoms with E-state index in [1.807, 2.05) is 108 Å². The maximum atomic E-state index is 14.3. The van der Waals surface area contributed by atoms with E-state index in [0.717, 1.165) is 31.3 Å². The van der Waals surface area contributed by atoms with Gasteiger partial charge in [-0.15, -0.1) is 36.7 Å². The standard InChI is InChI=1S/C34H45N3O6S.C32H41N3O6S/c1-9-22-19-34(22,30(40)42-10-2)36-28(38)25-18-23(44-26-17-13-15-21-14-11-12-16-24(21)26)20-37(25)29(39)27(32(3,4)5)35-31(41)43-33(6,7)8;1-8-20-17-32(20,28(38)39)34-26(36)23-16-21(42-24-15-11-13-19-12-9-10-14-22(19)24)18-35(23)27(37)25(30(2,3)4)33-29(40)41-31(5,6)7/h9,11-17,22-23,25,27H,1,10,18-20H2,2-8H3,(H,35,41)(H,36,38);8-15,20-21,23,25H,1,16-18H2,2-7H3,(H,33,40)(H,34,36)(H,38,39)/t22?,23-,25+,27-,34?;20?,21-,23+,25-,32?/m11/s1. The number of rotatable bonds is 17. The number of hydrogen-bond donors (Lipinski definition) is 5. The van der Waals surface area contributed by atoms with Crippen LogP contribution in [0.25, 0.3) is 21.5 Å². The Labute approximate surface area is 514 Å². The quantitative estimate of drug-likeness (QED) is 0.0376. The van der Waals surface area contributed by atoms with Crippen LogP contribution in [0.4, 0.5) is 9.59 Å². The van der Waals surface area contributed by atoms with Gasteiger partial charge < -0.3 is 50.4 Å². The minimum Gasteiger partial charge on any atom is -0.479 e. The summed E-state index contributed by atoms with van der Waals surface area (Å²) in [5.74, 6) is -4.04. The van der Waals surface area contributed by atoms with Crippen LogP contribution in [0.15, 0.2) is 120 Å². The van der Waals surface area contributed by atoms with E-state index in [1.54, 1.807) is 83.0 Å². The molecule has 86 heavy (non-hydrogen) atoms. The van der Waals surface area contributed by atoms with Crippen LogP contribution in [-0.4, -0.2) is 139 Å². The molecule has 6 amide bonds. The molecule has 0 spiro atoms. The Morgan fingerprint density at radius 1 is 0.593 bits per heavy atom. The van der Waals surface area contributed by atoms with E-state index in [9.17, 15) is 43.5 Å². The maximum Gasteiger partial charge on any atom is 0.408 e. The molecule has 2 saturated carbocycles. The van der Waals surface area contributed by atoms with Crippen LogP contribution >= 0.6 is 23.5 Å². The number of likely N-dealkylation sites (tertiary alicyclic amines) is 2. The van der Waals surface area contributed by atoms with Crippen molar-refractivity contribution < 1.29 is 57.7 Å². The average Bonchev–Trinajstić information content (AvgIpc) is 1.63. The van der Waals surface area contributed by atoms with Crippen LogP contribution in [-0.2, 0) is 43.0 Å². The highest BCUT2D eigenvalue weighted by molar-refractivity contribution is 8.00. The highest BCUT2D eigenvalue weighted by Crippen LogP contribution is 2.47. The molecule has 8 rings (SSSR count). The van der Waals surface area contributed by atoms with Crippen molar-refractivity contribution in [2.24, 2.45) is 22.7 Å². The fourth-order valence-electron chi connectivity index (χ4n) is 11.1. The minimum absolute atomic E-state index is 0.115. The summed E-state index contributed by atoms with van der Waals surface area (Å²) >= 11 is 3.21. The largest absolute Gasteiger partial charge is 0.479 e. The lowest BCUT2D eigenvalue weighted by Crippen LogP contribution is -2.59. The van der Waals surface area contributed by atoms with Crippen LogP contribution in [0, 0.1) is 22.7 Å². The van der Waals surface area contributed by atoms with Gasteiger partial charge in [0.25, 0.3) is 0 Å². The molecular formula is C66H86N6O12S2. The molecule has 18 nitrogen and oxygen atoms in total. The summed E-state index contributed by atoms with van der Waals surface area (Å²) in [6, 6.07) is 24.5. The van der Waals surface area contributed by atoms with Crippen molar-refractivity contribution >= 4 is 92.8 Å². The summed E-state index contributed by atoms with van der Waals surface area (Å²) in [6.07, 6.45) is 3.07. The number of esters is 1. The van der Waals surface area contributed by atoms with Crippen molar-refractivity contribution in [3.05, 3.63) is 110 Å². The number of ether oxygens (including phenoxy) is 3. The SMILES string of the molecule is C=CC1CC1(NC(=O)[C@@H]1C[C@@H](Sc2cccc3ccccc23)CN1C(=O)[C@@H](NC(=O)OC(C)(C)C)C(C)(C)C)C(=O)O.C=CC1CC1(NC(=O)[C@@H]1C[C@@H](Sc2cccc3ccccc23)CN1C(=O)[C@@H](NC(=O)OC(C)(C)C)C(C)(C)C)C(=O)OCC. The number of carbonyl (C=O) groups excluding carboxylic acids is 7. The lowest BCUT2D eigenvalue weighted by atomic mass is 9.85. The lowest BCUT2D eigenvalue weighted by Gasteiger charge is -2.36. The van der Waals surface area contributed by atoms with Gasteiger partial charge >= 0.3 is 24.1 Å². The predicted octanol–water partition coefficient (Wildman–Crippen LogP) is 10.5. The van der Waals surface area contributed by atoms with E-state index < -0.39 is 99.1 Å². The van der Waals surface area contributed by atoms with Gasteiger partial charge in [-0.2, -0.15) is 0 Å². The molecule has 4 aliphatic rings. The second-order valence-corrected chi connectivity index (χ2v) is 29.5. The second kappa shape index (κ2) is 26.1. The van der Waals surface area contributed by atoms with Gasteiger partial charge in [-0.1, -0.05) is 126 Å².